The van der Waals surface area contributed by atoms with Gasteiger partial charge in [0.1, 0.15) is 0 Å². The van der Waals surface area contributed by atoms with E-state index in [0.29, 0.717) is 6.04 Å². The number of rotatable bonds is 8. The lowest BCUT2D eigenvalue weighted by Crippen LogP contribution is -2.35. The van der Waals surface area contributed by atoms with E-state index in [0.717, 1.165) is 31.2 Å². The Kier molecular flexibility index (Phi) is 6.91. The molecule has 1 unspecified atom stereocenters. The Morgan fingerprint density at radius 1 is 0.955 bits per heavy atom. The summed E-state index contributed by atoms with van der Waals surface area (Å²) in [7, 11) is 0. The summed E-state index contributed by atoms with van der Waals surface area (Å²) < 4.78 is 0. The lowest BCUT2D eigenvalue weighted by Gasteiger charge is -2.30. The molecule has 2 aromatic rings. The first-order valence-corrected chi connectivity index (χ1v) is 8.36. The third-order valence-electron chi connectivity index (χ3n) is 4.02. The molecule has 2 aromatic carbocycles. The van der Waals surface area contributed by atoms with Gasteiger partial charge in [0, 0.05) is 24.2 Å². The zero-order valence-corrected chi connectivity index (χ0v) is 14.2. The first kappa shape index (κ1) is 17.0. The van der Waals surface area contributed by atoms with Crippen LogP contribution in [-0.2, 0) is 6.54 Å². The highest BCUT2D eigenvalue weighted by Crippen LogP contribution is 2.19. The first-order chi connectivity index (χ1) is 10.7. The van der Waals surface area contributed by atoms with Gasteiger partial charge >= 0.3 is 0 Å². The molecule has 1 atom stereocenters. The topological polar surface area (TPSA) is 15.3 Å². The quantitative estimate of drug-likeness (QED) is 0.770. The largest absolute Gasteiger partial charge is 0.311 e. The van der Waals surface area contributed by atoms with Crippen LogP contribution < -0.4 is 5.32 Å². The van der Waals surface area contributed by atoms with E-state index >= 15 is 0 Å². The van der Waals surface area contributed by atoms with Crippen molar-refractivity contribution >= 4 is 11.6 Å². The van der Waals surface area contributed by atoms with Crippen molar-refractivity contribution in [1.82, 2.24) is 10.2 Å². The summed E-state index contributed by atoms with van der Waals surface area (Å²) in [5, 5.41) is 4.37. The van der Waals surface area contributed by atoms with E-state index in [2.05, 4.69) is 66.5 Å². The van der Waals surface area contributed by atoms with E-state index in [4.69, 9.17) is 11.6 Å². The highest BCUT2D eigenvalue weighted by atomic mass is 35.5. The Balaban J connectivity index is 1.99. The second-order valence-corrected chi connectivity index (χ2v) is 5.84. The molecule has 0 aliphatic rings. The summed E-state index contributed by atoms with van der Waals surface area (Å²) in [6, 6.07) is 19.2. The van der Waals surface area contributed by atoms with Crippen LogP contribution >= 0.6 is 11.6 Å². The predicted octanol–water partition coefficient (Wildman–Crippen LogP) is 4.51. The van der Waals surface area contributed by atoms with E-state index in [1.807, 2.05) is 12.1 Å². The summed E-state index contributed by atoms with van der Waals surface area (Å²) in [5.74, 6) is 0. The van der Waals surface area contributed by atoms with Crippen molar-refractivity contribution in [3.8, 4) is 0 Å². The molecule has 2 rings (SSSR count). The number of hydrogen-bond acceptors (Lipinski definition) is 2. The van der Waals surface area contributed by atoms with Crippen LogP contribution in [0.25, 0.3) is 0 Å². The van der Waals surface area contributed by atoms with Crippen molar-refractivity contribution in [1.29, 1.82) is 0 Å². The fraction of sp³-hybridized carbons (Fsp3) is 0.368. The van der Waals surface area contributed by atoms with Crippen LogP contribution in [0.1, 0.15) is 31.0 Å². The van der Waals surface area contributed by atoms with Crippen molar-refractivity contribution in [2.24, 2.45) is 0 Å². The molecule has 2 nitrogen and oxygen atoms in total. The summed E-state index contributed by atoms with van der Waals surface area (Å²) in [6.07, 6.45) is 0. The van der Waals surface area contributed by atoms with Gasteiger partial charge in [0.15, 0.2) is 0 Å². The number of nitrogens with one attached hydrogen (secondary N) is 1. The highest BCUT2D eigenvalue weighted by Gasteiger charge is 2.17. The molecule has 22 heavy (non-hydrogen) atoms. The molecule has 0 bridgehead atoms. The first-order valence-electron chi connectivity index (χ1n) is 7.98. The van der Waals surface area contributed by atoms with Gasteiger partial charge in [0.25, 0.3) is 0 Å². The molecule has 0 aliphatic heterocycles. The second-order valence-electron chi connectivity index (χ2n) is 5.41. The van der Waals surface area contributed by atoms with Crippen molar-refractivity contribution in [3.05, 3.63) is 70.7 Å². The molecule has 3 heteroatoms. The maximum Gasteiger partial charge on any atom is 0.0472 e. The molecule has 0 aromatic heterocycles. The zero-order valence-electron chi connectivity index (χ0n) is 13.4. The molecule has 0 heterocycles. The van der Waals surface area contributed by atoms with Crippen molar-refractivity contribution in [3.63, 3.8) is 0 Å². The van der Waals surface area contributed by atoms with Crippen LogP contribution in [0.5, 0.6) is 0 Å². The van der Waals surface area contributed by atoms with Gasteiger partial charge in [-0.1, -0.05) is 67.9 Å². The SMILES string of the molecule is CCN(CC)C(CNCc1ccc(Cl)cc1)c1ccccc1. The third kappa shape index (κ3) is 4.84. The van der Waals surface area contributed by atoms with Crippen LogP contribution in [0.2, 0.25) is 5.02 Å². The molecule has 0 radical (unpaired) electrons. The number of likely N-dealkylation sites (N-methyl/N-ethyl adjacent to an activating group) is 1. The minimum atomic E-state index is 0.406. The monoisotopic (exact) mass is 316 g/mol. The summed E-state index contributed by atoms with van der Waals surface area (Å²) >= 11 is 5.93. The smallest absolute Gasteiger partial charge is 0.0472 e. The fourth-order valence-corrected chi connectivity index (χ4v) is 2.88. The molecule has 1 N–H and O–H groups in total. The zero-order chi connectivity index (χ0) is 15.8. The fourth-order valence-electron chi connectivity index (χ4n) is 2.75. The van der Waals surface area contributed by atoms with Gasteiger partial charge in [0.05, 0.1) is 0 Å². The van der Waals surface area contributed by atoms with Crippen molar-refractivity contribution in [2.75, 3.05) is 19.6 Å². The molecule has 0 amide bonds. The van der Waals surface area contributed by atoms with Gasteiger partial charge < -0.3 is 5.32 Å². The molecule has 118 valence electrons. The van der Waals surface area contributed by atoms with Gasteiger partial charge in [-0.25, -0.2) is 0 Å². The van der Waals surface area contributed by atoms with E-state index < -0.39 is 0 Å². The maximum absolute atomic E-state index is 5.93. The molecule has 0 fully saturated rings. The molecule has 0 spiro atoms. The molecule has 0 saturated heterocycles. The molecule has 0 aliphatic carbocycles. The van der Waals surface area contributed by atoms with Gasteiger partial charge in [0.2, 0.25) is 0 Å². The standard InChI is InChI=1S/C19H25ClN2/c1-3-22(4-2)19(17-8-6-5-7-9-17)15-21-14-16-10-12-18(20)13-11-16/h5-13,19,21H,3-4,14-15H2,1-2H3. The average Bonchev–Trinajstić information content (AvgIpc) is 2.57. The van der Waals surface area contributed by atoms with Crippen molar-refractivity contribution < 1.29 is 0 Å². The van der Waals surface area contributed by atoms with Crippen molar-refractivity contribution in [2.45, 2.75) is 26.4 Å². The third-order valence-corrected chi connectivity index (χ3v) is 4.27. The lowest BCUT2D eigenvalue weighted by atomic mass is 10.0. The Bertz CT molecular complexity index is 535. The number of halogens is 1. The summed E-state index contributed by atoms with van der Waals surface area (Å²) in [4.78, 5) is 2.49. The second kappa shape index (κ2) is 8.94. The van der Waals surface area contributed by atoms with Crippen LogP contribution in [0, 0.1) is 0 Å². The van der Waals surface area contributed by atoms with Crippen LogP contribution in [0.4, 0.5) is 0 Å². The van der Waals surface area contributed by atoms with Gasteiger partial charge in [-0.2, -0.15) is 0 Å². The summed E-state index contributed by atoms with van der Waals surface area (Å²) in [5.41, 5.74) is 2.63. The van der Waals surface area contributed by atoms with Crippen LogP contribution in [0.15, 0.2) is 54.6 Å². The van der Waals surface area contributed by atoms with Gasteiger partial charge in [-0.05, 0) is 36.3 Å². The van der Waals surface area contributed by atoms with Crippen LogP contribution in [0.3, 0.4) is 0 Å². The molecular weight excluding hydrogens is 292 g/mol. The minimum Gasteiger partial charge on any atom is -0.311 e. The van der Waals surface area contributed by atoms with E-state index in [1.54, 1.807) is 0 Å². The highest BCUT2D eigenvalue weighted by molar-refractivity contribution is 6.30. The summed E-state index contributed by atoms with van der Waals surface area (Å²) in [6.45, 7) is 8.35. The maximum atomic E-state index is 5.93. The molecular formula is C19H25ClN2. The van der Waals surface area contributed by atoms with E-state index in [9.17, 15) is 0 Å². The van der Waals surface area contributed by atoms with Gasteiger partial charge in [-0.15, -0.1) is 0 Å². The number of hydrogen-bond donors (Lipinski definition) is 1. The Morgan fingerprint density at radius 3 is 2.18 bits per heavy atom. The van der Waals surface area contributed by atoms with E-state index in [-0.39, 0.29) is 0 Å². The molecule has 0 saturated carbocycles. The Morgan fingerprint density at radius 2 is 1.59 bits per heavy atom. The average molecular weight is 317 g/mol. The number of benzene rings is 2. The van der Waals surface area contributed by atoms with E-state index in [1.165, 1.54) is 11.1 Å². The minimum absolute atomic E-state index is 0.406. The predicted molar refractivity (Wildman–Crippen MR) is 95.3 cm³/mol. The van der Waals surface area contributed by atoms with Crippen LogP contribution in [-0.4, -0.2) is 24.5 Å². The Hall–Kier alpha value is -1.35. The van der Waals surface area contributed by atoms with Gasteiger partial charge in [-0.3, -0.25) is 4.90 Å². The normalized spacial score (nSPS) is 12.5. The Labute approximate surface area is 139 Å². The lowest BCUT2D eigenvalue weighted by molar-refractivity contribution is 0.213. The number of nitrogens with zero attached hydrogens (tertiary/aromatic N) is 1.